The van der Waals surface area contributed by atoms with Gasteiger partial charge in [-0.2, -0.15) is 0 Å². The van der Waals surface area contributed by atoms with E-state index in [2.05, 4.69) is 10.6 Å². The van der Waals surface area contributed by atoms with Crippen LogP contribution in [-0.4, -0.2) is 36.3 Å². The molecule has 2 aromatic rings. The highest BCUT2D eigenvalue weighted by Gasteiger charge is 2.13. The molecule has 0 unspecified atom stereocenters. The number of rotatable bonds is 8. The van der Waals surface area contributed by atoms with Gasteiger partial charge in [0.1, 0.15) is 5.82 Å². The number of anilines is 1. The Morgan fingerprint density at radius 3 is 2.15 bits per heavy atom. The minimum Gasteiger partial charge on any atom is -0.351 e. The first kappa shape index (κ1) is 20.6. The van der Waals surface area contributed by atoms with Crippen molar-refractivity contribution < 1.29 is 14.0 Å². The first-order valence-electron chi connectivity index (χ1n) is 8.97. The maximum absolute atomic E-state index is 12.9. The van der Waals surface area contributed by atoms with Gasteiger partial charge >= 0.3 is 0 Å². The summed E-state index contributed by atoms with van der Waals surface area (Å²) in [5, 5.41) is 5.66. The second kappa shape index (κ2) is 9.83. The Hall–Kier alpha value is -2.73. The van der Waals surface area contributed by atoms with Crippen LogP contribution in [0.2, 0.25) is 0 Å². The van der Waals surface area contributed by atoms with E-state index in [1.807, 2.05) is 39.0 Å². The van der Waals surface area contributed by atoms with E-state index in [1.165, 1.54) is 12.1 Å². The number of carbonyl (C=O) groups is 2. The number of likely N-dealkylation sites (N-methyl/N-ethyl adjacent to an activating group) is 1. The standard InChI is InChI=1S/C21H26FN3O2/c1-4-25(13-20(26)23-12-17-5-7-18(22)8-6-17)14-21(27)24-19-10-15(2)9-16(3)11-19/h5-11H,4,12-14H2,1-3H3,(H,23,26)(H,24,27). The quantitative estimate of drug-likeness (QED) is 0.750. The molecule has 0 aliphatic rings. The van der Waals surface area contributed by atoms with Crippen LogP contribution in [0, 0.1) is 19.7 Å². The number of carbonyl (C=O) groups excluding carboxylic acids is 2. The van der Waals surface area contributed by atoms with Crippen molar-refractivity contribution in [3.8, 4) is 0 Å². The van der Waals surface area contributed by atoms with Gasteiger partial charge in [-0.15, -0.1) is 0 Å². The van der Waals surface area contributed by atoms with Crippen molar-refractivity contribution in [2.45, 2.75) is 27.3 Å². The molecule has 144 valence electrons. The molecule has 0 saturated heterocycles. The van der Waals surface area contributed by atoms with Gasteiger partial charge in [0.2, 0.25) is 11.8 Å². The average Bonchev–Trinajstić information content (AvgIpc) is 2.59. The number of amides is 2. The van der Waals surface area contributed by atoms with Crippen molar-refractivity contribution in [3.05, 3.63) is 65.0 Å². The van der Waals surface area contributed by atoms with Crippen molar-refractivity contribution in [3.63, 3.8) is 0 Å². The van der Waals surface area contributed by atoms with Crippen LogP contribution in [0.3, 0.4) is 0 Å². The number of aryl methyl sites for hydroxylation is 2. The Bertz CT molecular complexity index is 770. The zero-order valence-electron chi connectivity index (χ0n) is 16.0. The van der Waals surface area contributed by atoms with E-state index in [0.29, 0.717) is 13.1 Å². The van der Waals surface area contributed by atoms with E-state index in [1.54, 1.807) is 17.0 Å². The van der Waals surface area contributed by atoms with Crippen molar-refractivity contribution in [1.82, 2.24) is 10.2 Å². The molecular weight excluding hydrogens is 345 g/mol. The summed E-state index contributed by atoms with van der Waals surface area (Å²) in [7, 11) is 0. The van der Waals surface area contributed by atoms with Gasteiger partial charge in [-0.3, -0.25) is 14.5 Å². The average molecular weight is 371 g/mol. The Labute approximate surface area is 159 Å². The van der Waals surface area contributed by atoms with Crippen molar-refractivity contribution in [2.24, 2.45) is 0 Å². The third kappa shape index (κ3) is 7.19. The van der Waals surface area contributed by atoms with Crippen LogP contribution in [0.4, 0.5) is 10.1 Å². The fourth-order valence-electron chi connectivity index (χ4n) is 2.79. The van der Waals surface area contributed by atoms with E-state index in [-0.39, 0.29) is 30.7 Å². The van der Waals surface area contributed by atoms with Crippen LogP contribution in [0.25, 0.3) is 0 Å². The zero-order valence-corrected chi connectivity index (χ0v) is 16.0. The number of hydrogen-bond acceptors (Lipinski definition) is 3. The maximum Gasteiger partial charge on any atom is 0.238 e. The highest BCUT2D eigenvalue weighted by Crippen LogP contribution is 2.13. The molecular formula is C21H26FN3O2. The largest absolute Gasteiger partial charge is 0.351 e. The van der Waals surface area contributed by atoms with Crippen molar-refractivity contribution in [2.75, 3.05) is 25.0 Å². The summed E-state index contributed by atoms with van der Waals surface area (Å²) in [6.07, 6.45) is 0. The molecule has 0 atom stereocenters. The smallest absolute Gasteiger partial charge is 0.238 e. The molecule has 2 N–H and O–H groups in total. The van der Waals surface area contributed by atoms with Gasteiger partial charge < -0.3 is 10.6 Å². The molecule has 2 rings (SSSR count). The molecule has 0 aliphatic carbocycles. The molecule has 0 saturated carbocycles. The summed E-state index contributed by atoms with van der Waals surface area (Å²) in [6, 6.07) is 11.8. The SMILES string of the molecule is CCN(CC(=O)NCc1ccc(F)cc1)CC(=O)Nc1cc(C)cc(C)c1. The number of benzene rings is 2. The number of halogens is 1. The predicted octanol–water partition coefficient (Wildman–Crippen LogP) is 3.02. The van der Waals surface area contributed by atoms with Crippen LogP contribution in [0.1, 0.15) is 23.6 Å². The highest BCUT2D eigenvalue weighted by molar-refractivity contribution is 5.92. The lowest BCUT2D eigenvalue weighted by Crippen LogP contribution is -2.40. The summed E-state index contributed by atoms with van der Waals surface area (Å²) in [4.78, 5) is 26.2. The fraction of sp³-hybridized carbons (Fsp3) is 0.333. The number of nitrogens with one attached hydrogen (secondary N) is 2. The number of hydrogen-bond donors (Lipinski definition) is 2. The second-order valence-corrected chi connectivity index (χ2v) is 6.63. The molecule has 2 aromatic carbocycles. The van der Waals surface area contributed by atoms with Gasteiger partial charge in [-0.25, -0.2) is 4.39 Å². The van der Waals surface area contributed by atoms with E-state index in [4.69, 9.17) is 0 Å². The van der Waals surface area contributed by atoms with Crippen LogP contribution < -0.4 is 10.6 Å². The molecule has 2 amide bonds. The molecule has 0 heterocycles. The lowest BCUT2D eigenvalue weighted by molar-refractivity contribution is -0.123. The molecule has 0 aromatic heterocycles. The molecule has 6 heteroatoms. The van der Waals surface area contributed by atoms with Crippen LogP contribution in [0.5, 0.6) is 0 Å². The van der Waals surface area contributed by atoms with E-state index >= 15 is 0 Å². The lowest BCUT2D eigenvalue weighted by atomic mass is 10.1. The highest BCUT2D eigenvalue weighted by atomic mass is 19.1. The normalized spacial score (nSPS) is 10.7. The van der Waals surface area contributed by atoms with E-state index in [9.17, 15) is 14.0 Å². The predicted molar refractivity (Wildman–Crippen MR) is 105 cm³/mol. The van der Waals surface area contributed by atoms with Gasteiger partial charge in [-0.1, -0.05) is 25.1 Å². The third-order valence-corrected chi connectivity index (χ3v) is 4.09. The topological polar surface area (TPSA) is 61.4 Å². The first-order valence-corrected chi connectivity index (χ1v) is 8.97. The summed E-state index contributed by atoms with van der Waals surface area (Å²) in [6.45, 7) is 7.01. The molecule has 27 heavy (non-hydrogen) atoms. The van der Waals surface area contributed by atoms with Gasteiger partial charge in [0.25, 0.3) is 0 Å². The summed E-state index contributed by atoms with van der Waals surface area (Å²) in [5.41, 5.74) is 3.74. The minimum atomic E-state index is -0.308. The van der Waals surface area contributed by atoms with E-state index in [0.717, 1.165) is 22.4 Å². The molecule has 5 nitrogen and oxygen atoms in total. The van der Waals surface area contributed by atoms with E-state index < -0.39 is 0 Å². The molecule has 0 bridgehead atoms. The molecule has 0 aliphatic heterocycles. The summed E-state index contributed by atoms with van der Waals surface area (Å²) in [5.74, 6) is -0.648. The Morgan fingerprint density at radius 1 is 0.963 bits per heavy atom. The van der Waals surface area contributed by atoms with Crippen molar-refractivity contribution >= 4 is 17.5 Å². The molecule has 0 spiro atoms. The zero-order chi connectivity index (χ0) is 19.8. The Kier molecular flexibility index (Phi) is 7.49. The van der Waals surface area contributed by atoms with Gasteiger partial charge in [0.15, 0.2) is 0 Å². The van der Waals surface area contributed by atoms with Gasteiger partial charge in [-0.05, 0) is 61.3 Å². The third-order valence-electron chi connectivity index (χ3n) is 4.09. The fourth-order valence-corrected chi connectivity index (χ4v) is 2.79. The maximum atomic E-state index is 12.9. The minimum absolute atomic E-state index is 0.123. The van der Waals surface area contributed by atoms with Gasteiger partial charge in [0.05, 0.1) is 13.1 Å². The van der Waals surface area contributed by atoms with Crippen molar-refractivity contribution in [1.29, 1.82) is 0 Å². The van der Waals surface area contributed by atoms with Gasteiger partial charge in [0, 0.05) is 12.2 Å². The first-order chi connectivity index (χ1) is 12.9. The van der Waals surface area contributed by atoms with Crippen LogP contribution >= 0.6 is 0 Å². The monoisotopic (exact) mass is 371 g/mol. The molecule has 0 radical (unpaired) electrons. The number of nitrogens with zero attached hydrogens (tertiary/aromatic N) is 1. The lowest BCUT2D eigenvalue weighted by Gasteiger charge is -2.19. The Balaban J connectivity index is 1.81. The summed E-state index contributed by atoms with van der Waals surface area (Å²) < 4.78 is 12.9. The second-order valence-electron chi connectivity index (χ2n) is 6.63. The molecule has 0 fully saturated rings. The van der Waals surface area contributed by atoms with Crippen LogP contribution in [0.15, 0.2) is 42.5 Å². The van der Waals surface area contributed by atoms with Crippen LogP contribution in [-0.2, 0) is 16.1 Å². The Morgan fingerprint density at radius 2 is 1.56 bits per heavy atom. The summed E-state index contributed by atoms with van der Waals surface area (Å²) >= 11 is 0.